The van der Waals surface area contributed by atoms with Crippen LogP contribution >= 0.6 is 35.1 Å². The second-order valence-corrected chi connectivity index (χ2v) is 9.96. The van der Waals surface area contributed by atoms with Crippen LogP contribution in [0.15, 0.2) is 24.5 Å². The smallest absolute Gasteiger partial charge is 0.188 e. The van der Waals surface area contributed by atoms with E-state index in [0.29, 0.717) is 16.0 Å². The van der Waals surface area contributed by atoms with Gasteiger partial charge in [-0.2, -0.15) is 5.10 Å². The molecule has 6 rings (SSSR count). The number of H-pyrrole nitrogens is 1. The Morgan fingerprint density at radius 1 is 0.968 bits per heavy atom. The maximum Gasteiger partial charge on any atom is 0.188 e. The third-order valence-electron chi connectivity index (χ3n) is 6.05. The number of fused-ring (bicyclic) bond motifs is 1. The quantitative estimate of drug-likeness (QED) is 0.445. The number of nitrogens with zero attached hydrogens (tertiary/aromatic N) is 4. The fourth-order valence-electron chi connectivity index (χ4n) is 4.38. The Morgan fingerprint density at radius 2 is 1.68 bits per heavy atom. The SMILES string of the molecule is Cl.Fc1cc(-c2nc3sc(N4CC5(CCNCC5)C4)nc3s2)c(F)cc1-c1cn[nH]c1. The fraction of sp³-hybridized carbons (Fsp3) is 0.350. The zero-order valence-corrected chi connectivity index (χ0v) is 18.8. The summed E-state index contributed by atoms with van der Waals surface area (Å²) < 4.78 is 29.4. The van der Waals surface area contributed by atoms with Crippen LogP contribution in [0.25, 0.3) is 31.4 Å². The molecule has 0 saturated carbocycles. The number of hydrogen-bond acceptors (Lipinski definition) is 7. The highest BCUT2D eigenvalue weighted by molar-refractivity contribution is 7.29. The van der Waals surface area contributed by atoms with E-state index in [1.807, 2.05) is 0 Å². The zero-order chi connectivity index (χ0) is 20.3. The summed E-state index contributed by atoms with van der Waals surface area (Å²) in [6.07, 6.45) is 5.43. The molecule has 5 heterocycles. The van der Waals surface area contributed by atoms with Crippen molar-refractivity contribution in [2.75, 3.05) is 31.1 Å². The second kappa shape index (κ2) is 7.77. The van der Waals surface area contributed by atoms with Crippen molar-refractivity contribution >= 4 is 49.9 Å². The lowest BCUT2D eigenvalue weighted by molar-refractivity contribution is 0.150. The Kier molecular flexibility index (Phi) is 5.20. The maximum atomic E-state index is 14.8. The highest BCUT2D eigenvalue weighted by Gasteiger charge is 2.44. The summed E-state index contributed by atoms with van der Waals surface area (Å²) in [6, 6.07) is 2.40. The van der Waals surface area contributed by atoms with Crippen molar-refractivity contribution in [1.82, 2.24) is 25.5 Å². The first-order valence-electron chi connectivity index (χ1n) is 9.82. The van der Waals surface area contributed by atoms with E-state index in [-0.39, 0.29) is 23.5 Å². The Balaban J connectivity index is 0.00000204. The first-order chi connectivity index (χ1) is 14.6. The molecule has 2 N–H and O–H groups in total. The van der Waals surface area contributed by atoms with Gasteiger partial charge in [-0.25, -0.2) is 18.7 Å². The normalized spacial score (nSPS) is 17.7. The first-order valence-corrected chi connectivity index (χ1v) is 11.5. The van der Waals surface area contributed by atoms with Crippen molar-refractivity contribution < 1.29 is 8.78 Å². The van der Waals surface area contributed by atoms with Crippen LogP contribution in [-0.4, -0.2) is 46.3 Å². The molecule has 0 radical (unpaired) electrons. The van der Waals surface area contributed by atoms with Gasteiger partial charge in [-0.05, 0) is 38.1 Å². The number of aromatic amines is 1. The number of thiazole rings is 2. The molecule has 0 unspecified atom stereocenters. The van der Waals surface area contributed by atoms with E-state index >= 15 is 0 Å². The molecule has 2 aliphatic rings. The van der Waals surface area contributed by atoms with Crippen LogP contribution in [0.5, 0.6) is 0 Å². The number of piperidine rings is 1. The Bertz CT molecular complexity index is 1190. The van der Waals surface area contributed by atoms with Gasteiger partial charge in [-0.3, -0.25) is 5.10 Å². The van der Waals surface area contributed by atoms with Gasteiger partial charge >= 0.3 is 0 Å². The monoisotopic (exact) mass is 480 g/mol. The second-order valence-electron chi connectivity index (χ2n) is 8.03. The van der Waals surface area contributed by atoms with Gasteiger partial charge in [0, 0.05) is 41.4 Å². The molecule has 4 aromatic rings. The molecular formula is C20H19ClF2N6S2. The number of halogens is 3. The Hall–Kier alpha value is -2.14. The number of benzene rings is 1. The van der Waals surface area contributed by atoms with Crippen molar-refractivity contribution in [3.8, 4) is 21.7 Å². The summed E-state index contributed by atoms with van der Waals surface area (Å²) in [4.78, 5) is 13.1. The van der Waals surface area contributed by atoms with E-state index in [2.05, 4.69) is 25.4 Å². The molecule has 2 saturated heterocycles. The zero-order valence-electron chi connectivity index (χ0n) is 16.3. The number of hydrogen-bond donors (Lipinski definition) is 2. The fourth-order valence-corrected chi connectivity index (χ4v) is 6.44. The van der Waals surface area contributed by atoms with E-state index in [4.69, 9.17) is 4.98 Å². The molecule has 11 heteroatoms. The van der Waals surface area contributed by atoms with Crippen LogP contribution in [0.4, 0.5) is 13.9 Å². The molecule has 0 amide bonds. The van der Waals surface area contributed by atoms with E-state index in [1.165, 1.54) is 60.0 Å². The Morgan fingerprint density at radius 3 is 2.39 bits per heavy atom. The van der Waals surface area contributed by atoms with Gasteiger partial charge in [-0.15, -0.1) is 12.4 Å². The summed E-state index contributed by atoms with van der Waals surface area (Å²) in [5, 5.41) is 11.3. The molecule has 3 aromatic heterocycles. The molecule has 0 bridgehead atoms. The third kappa shape index (κ3) is 3.51. The summed E-state index contributed by atoms with van der Waals surface area (Å²) in [6.45, 7) is 4.26. The maximum absolute atomic E-state index is 14.8. The molecule has 2 aliphatic heterocycles. The van der Waals surface area contributed by atoms with Crippen molar-refractivity contribution in [3.05, 3.63) is 36.2 Å². The average molecular weight is 481 g/mol. The highest BCUT2D eigenvalue weighted by Crippen LogP contribution is 2.44. The van der Waals surface area contributed by atoms with E-state index in [1.54, 1.807) is 0 Å². The predicted molar refractivity (Wildman–Crippen MR) is 122 cm³/mol. The van der Waals surface area contributed by atoms with Gasteiger partial charge < -0.3 is 10.2 Å². The predicted octanol–water partition coefficient (Wildman–Crippen LogP) is 4.70. The van der Waals surface area contributed by atoms with Gasteiger partial charge in [-0.1, -0.05) is 22.7 Å². The average Bonchev–Trinajstić information content (AvgIpc) is 3.44. The van der Waals surface area contributed by atoms with Crippen LogP contribution in [0.1, 0.15) is 12.8 Å². The minimum atomic E-state index is -0.509. The van der Waals surface area contributed by atoms with E-state index < -0.39 is 11.6 Å². The van der Waals surface area contributed by atoms with Crippen LogP contribution in [0.3, 0.4) is 0 Å². The van der Waals surface area contributed by atoms with Crippen molar-refractivity contribution in [2.24, 2.45) is 5.41 Å². The van der Waals surface area contributed by atoms with Crippen LogP contribution in [0, 0.1) is 17.0 Å². The third-order valence-corrected chi connectivity index (χ3v) is 8.17. The number of aromatic nitrogens is 4. The molecule has 31 heavy (non-hydrogen) atoms. The lowest BCUT2D eigenvalue weighted by Gasteiger charge is -2.52. The summed E-state index contributed by atoms with van der Waals surface area (Å²) in [7, 11) is 0. The van der Waals surface area contributed by atoms with Crippen molar-refractivity contribution in [2.45, 2.75) is 12.8 Å². The largest absolute Gasteiger partial charge is 0.347 e. The first kappa shape index (κ1) is 20.7. The summed E-state index contributed by atoms with van der Waals surface area (Å²) in [5.41, 5.74) is 1.27. The molecule has 0 atom stereocenters. The van der Waals surface area contributed by atoms with Crippen LogP contribution < -0.4 is 10.2 Å². The van der Waals surface area contributed by atoms with Crippen molar-refractivity contribution in [3.63, 3.8) is 0 Å². The lowest BCUT2D eigenvalue weighted by atomic mass is 9.73. The van der Waals surface area contributed by atoms with E-state index in [9.17, 15) is 8.78 Å². The standard InChI is InChI=1S/C20H18F2N6S2.ClH/c21-14-6-13(15(22)5-12(14)11-7-24-25-8-11)16-26-17-18(29-16)27-19(30-17)28-9-20(10-28)1-3-23-4-2-20;/h5-8,23H,1-4,9-10H2,(H,24,25);1H. The van der Waals surface area contributed by atoms with Gasteiger partial charge in [0.15, 0.2) is 14.8 Å². The van der Waals surface area contributed by atoms with Crippen LogP contribution in [-0.2, 0) is 0 Å². The molecule has 6 nitrogen and oxygen atoms in total. The Labute approximate surface area is 191 Å². The summed E-state index contributed by atoms with van der Waals surface area (Å²) >= 11 is 2.83. The molecule has 1 aromatic carbocycles. The molecular weight excluding hydrogens is 462 g/mol. The van der Waals surface area contributed by atoms with Crippen molar-refractivity contribution in [1.29, 1.82) is 0 Å². The topological polar surface area (TPSA) is 69.7 Å². The minimum Gasteiger partial charge on any atom is -0.347 e. The highest BCUT2D eigenvalue weighted by atomic mass is 35.5. The number of rotatable bonds is 3. The van der Waals surface area contributed by atoms with E-state index in [0.717, 1.165) is 41.0 Å². The van der Waals surface area contributed by atoms with Gasteiger partial charge in [0.05, 0.1) is 6.20 Å². The molecule has 2 fully saturated rings. The number of anilines is 1. The van der Waals surface area contributed by atoms with Gasteiger partial charge in [0.1, 0.15) is 16.6 Å². The van der Waals surface area contributed by atoms with Gasteiger partial charge in [0.2, 0.25) is 0 Å². The minimum absolute atomic E-state index is 0. The summed E-state index contributed by atoms with van der Waals surface area (Å²) in [5.74, 6) is -1.02. The molecule has 162 valence electrons. The number of nitrogens with one attached hydrogen (secondary N) is 2. The molecule has 0 aliphatic carbocycles. The van der Waals surface area contributed by atoms with Gasteiger partial charge in [0.25, 0.3) is 0 Å². The lowest BCUT2D eigenvalue weighted by Crippen LogP contribution is -2.60. The molecule has 1 spiro atoms. The van der Waals surface area contributed by atoms with Crippen LogP contribution in [0.2, 0.25) is 0 Å².